The van der Waals surface area contributed by atoms with Crippen LogP contribution in [0, 0.1) is 5.92 Å². The second-order valence-electron chi connectivity index (χ2n) is 8.29. The fraction of sp³-hybridized carbons (Fsp3) is 0.500. The smallest absolute Gasteiger partial charge is 0.383 e. The minimum absolute atomic E-state index is 0.0316. The van der Waals surface area contributed by atoms with Crippen LogP contribution in [0.3, 0.4) is 0 Å². The van der Waals surface area contributed by atoms with Crippen molar-refractivity contribution in [3.05, 3.63) is 46.7 Å². The molecule has 1 aromatic rings. The molecular weight excluding hydrogens is 441 g/mol. The molecule has 2 aliphatic rings. The summed E-state index contributed by atoms with van der Waals surface area (Å²) in [5, 5.41) is 5.24. The highest BCUT2D eigenvalue weighted by molar-refractivity contribution is 6.03. The van der Waals surface area contributed by atoms with Crippen molar-refractivity contribution in [2.24, 2.45) is 5.92 Å². The molecule has 2 aliphatic heterocycles. The molecule has 0 saturated carbocycles. The first-order valence-electron chi connectivity index (χ1n) is 10.5. The van der Waals surface area contributed by atoms with Crippen molar-refractivity contribution < 1.29 is 32.3 Å². The Hall–Kier alpha value is -3.08. The number of carbonyl (C=O) groups excluding carboxylic acids is 3. The van der Waals surface area contributed by atoms with Gasteiger partial charge in [0, 0.05) is 20.7 Å². The summed E-state index contributed by atoms with van der Waals surface area (Å²) in [5.41, 5.74) is -0.847. The Morgan fingerprint density at radius 1 is 1.27 bits per heavy atom. The van der Waals surface area contributed by atoms with E-state index < -0.39 is 41.7 Å². The van der Waals surface area contributed by atoms with E-state index in [1.165, 1.54) is 42.2 Å². The Morgan fingerprint density at radius 3 is 2.55 bits per heavy atom. The molecule has 0 aliphatic carbocycles. The largest absolute Gasteiger partial charge is 0.416 e. The molecule has 0 unspecified atom stereocenters. The third-order valence-corrected chi connectivity index (χ3v) is 5.81. The Kier molecular flexibility index (Phi) is 7.01. The summed E-state index contributed by atoms with van der Waals surface area (Å²) in [7, 11) is 2.93. The minimum atomic E-state index is -4.67. The molecule has 8 nitrogen and oxygen atoms in total. The van der Waals surface area contributed by atoms with E-state index in [1.54, 1.807) is 13.8 Å². The number of urea groups is 1. The average molecular weight is 468 g/mol. The molecule has 11 heteroatoms. The third-order valence-electron chi connectivity index (χ3n) is 5.81. The average Bonchev–Trinajstić information content (AvgIpc) is 3.07. The number of hydrogen-bond acceptors (Lipinski definition) is 4. The third kappa shape index (κ3) is 4.68. The van der Waals surface area contributed by atoms with E-state index in [4.69, 9.17) is 4.74 Å². The lowest BCUT2D eigenvalue weighted by Crippen LogP contribution is -2.51. The molecular formula is C22H27F3N4O4. The van der Waals surface area contributed by atoms with E-state index >= 15 is 0 Å². The van der Waals surface area contributed by atoms with Crippen molar-refractivity contribution in [1.82, 2.24) is 20.4 Å². The first-order chi connectivity index (χ1) is 15.5. The summed E-state index contributed by atoms with van der Waals surface area (Å²) in [5.74, 6) is -1.27. The fourth-order valence-corrected chi connectivity index (χ4v) is 4.24. The SMILES string of the molecule is COCCNC(=O)[C@@H](C(C)C)N1CC2=C(C1=O)[C@@H](c1ccccc1C(F)(F)F)NC(=O)N2C. The van der Waals surface area contributed by atoms with E-state index in [2.05, 4.69) is 10.6 Å². The lowest BCUT2D eigenvalue weighted by atomic mass is 9.91. The second kappa shape index (κ2) is 9.42. The number of likely N-dealkylation sites (N-methyl/N-ethyl adjacent to an activating group) is 1. The predicted molar refractivity (Wildman–Crippen MR) is 113 cm³/mol. The summed E-state index contributed by atoms with van der Waals surface area (Å²) in [4.78, 5) is 41.5. The zero-order chi connectivity index (χ0) is 24.5. The van der Waals surface area contributed by atoms with Crippen molar-refractivity contribution in [3.8, 4) is 0 Å². The molecule has 0 spiro atoms. The van der Waals surface area contributed by atoms with Gasteiger partial charge in [-0.1, -0.05) is 32.0 Å². The number of halogens is 3. The topological polar surface area (TPSA) is 91.0 Å². The lowest BCUT2D eigenvalue weighted by molar-refractivity contribution is -0.139. The molecule has 2 atom stereocenters. The number of methoxy groups -OCH3 is 1. The van der Waals surface area contributed by atoms with Crippen LogP contribution < -0.4 is 10.6 Å². The van der Waals surface area contributed by atoms with Gasteiger partial charge >= 0.3 is 12.2 Å². The van der Waals surface area contributed by atoms with Gasteiger partial charge in [-0.05, 0) is 17.5 Å². The summed E-state index contributed by atoms with van der Waals surface area (Å²) in [6.45, 7) is 4.01. The highest BCUT2D eigenvalue weighted by Gasteiger charge is 2.48. The first-order valence-corrected chi connectivity index (χ1v) is 10.5. The maximum absolute atomic E-state index is 13.7. The minimum Gasteiger partial charge on any atom is -0.383 e. The second-order valence-corrected chi connectivity index (χ2v) is 8.29. The van der Waals surface area contributed by atoms with E-state index in [9.17, 15) is 27.6 Å². The molecule has 2 heterocycles. The Labute approximate surface area is 189 Å². The fourth-order valence-electron chi connectivity index (χ4n) is 4.24. The van der Waals surface area contributed by atoms with Crippen LogP contribution in [0.2, 0.25) is 0 Å². The van der Waals surface area contributed by atoms with Crippen LogP contribution in [0.5, 0.6) is 0 Å². The molecule has 180 valence electrons. The number of rotatable bonds is 7. The summed E-state index contributed by atoms with van der Waals surface area (Å²) >= 11 is 0. The highest BCUT2D eigenvalue weighted by Crippen LogP contribution is 2.41. The molecule has 0 aromatic heterocycles. The summed E-state index contributed by atoms with van der Waals surface area (Å²) in [6.07, 6.45) is -4.67. The number of nitrogens with one attached hydrogen (secondary N) is 2. The van der Waals surface area contributed by atoms with Crippen LogP contribution in [0.25, 0.3) is 0 Å². The molecule has 4 amide bonds. The summed E-state index contributed by atoms with van der Waals surface area (Å²) < 4.78 is 46.0. The number of alkyl halides is 3. The van der Waals surface area contributed by atoms with Gasteiger partial charge in [-0.3, -0.25) is 14.5 Å². The molecule has 3 rings (SSSR count). The van der Waals surface area contributed by atoms with Crippen LogP contribution in [-0.4, -0.2) is 67.5 Å². The maximum atomic E-state index is 13.7. The van der Waals surface area contributed by atoms with Gasteiger partial charge in [0.05, 0.1) is 36.0 Å². The molecule has 1 aromatic carbocycles. The zero-order valence-corrected chi connectivity index (χ0v) is 18.8. The van der Waals surface area contributed by atoms with Crippen LogP contribution >= 0.6 is 0 Å². The van der Waals surface area contributed by atoms with E-state index in [-0.39, 0.29) is 42.4 Å². The van der Waals surface area contributed by atoms with Gasteiger partial charge in [-0.2, -0.15) is 13.2 Å². The quantitative estimate of drug-likeness (QED) is 0.601. The standard InChI is InChI=1S/C22H27F3N4O4/c1-12(2)18(19(30)26-9-10-33-4)29-11-15-16(20(29)31)17(27-21(32)28(15)3)13-7-5-6-8-14(13)22(23,24)25/h5-8,12,17-18H,9-11H2,1-4H3,(H,26,30)(H,27,32)/t17-,18-/m1/s1. The zero-order valence-electron chi connectivity index (χ0n) is 18.8. The highest BCUT2D eigenvalue weighted by atomic mass is 19.4. The lowest BCUT2D eigenvalue weighted by Gasteiger charge is -2.32. The number of amides is 4. The molecule has 0 radical (unpaired) electrons. The van der Waals surface area contributed by atoms with Gasteiger partial charge in [-0.15, -0.1) is 0 Å². The van der Waals surface area contributed by atoms with Crippen molar-refractivity contribution >= 4 is 17.8 Å². The van der Waals surface area contributed by atoms with Crippen LogP contribution in [0.15, 0.2) is 35.5 Å². The normalized spacial score (nSPS) is 19.7. The van der Waals surface area contributed by atoms with Gasteiger partial charge in [0.25, 0.3) is 5.91 Å². The van der Waals surface area contributed by atoms with Crippen LogP contribution in [0.4, 0.5) is 18.0 Å². The first kappa shape index (κ1) is 24.6. The Balaban J connectivity index is 2.01. The van der Waals surface area contributed by atoms with Crippen molar-refractivity contribution in [2.75, 3.05) is 33.9 Å². The molecule has 33 heavy (non-hydrogen) atoms. The predicted octanol–water partition coefficient (Wildman–Crippen LogP) is 2.29. The molecule has 2 N–H and O–H groups in total. The Bertz CT molecular complexity index is 977. The van der Waals surface area contributed by atoms with Crippen molar-refractivity contribution in [1.29, 1.82) is 0 Å². The van der Waals surface area contributed by atoms with Crippen LogP contribution in [-0.2, 0) is 20.5 Å². The van der Waals surface area contributed by atoms with Crippen molar-refractivity contribution in [2.45, 2.75) is 32.1 Å². The summed E-state index contributed by atoms with van der Waals surface area (Å²) in [6, 6.07) is 2.04. The Morgan fingerprint density at radius 2 is 1.94 bits per heavy atom. The number of nitrogens with zero attached hydrogens (tertiary/aromatic N) is 2. The van der Waals surface area contributed by atoms with E-state index in [1.807, 2.05) is 0 Å². The maximum Gasteiger partial charge on any atom is 0.416 e. The van der Waals surface area contributed by atoms with Gasteiger partial charge in [0.2, 0.25) is 5.91 Å². The van der Waals surface area contributed by atoms with E-state index in [0.717, 1.165) is 6.07 Å². The van der Waals surface area contributed by atoms with Gasteiger partial charge in [-0.25, -0.2) is 4.79 Å². The number of carbonyl (C=O) groups is 3. The monoisotopic (exact) mass is 468 g/mol. The van der Waals surface area contributed by atoms with E-state index in [0.29, 0.717) is 0 Å². The van der Waals surface area contributed by atoms with Gasteiger partial charge < -0.3 is 20.3 Å². The van der Waals surface area contributed by atoms with Crippen molar-refractivity contribution in [3.63, 3.8) is 0 Å². The number of benzene rings is 1. The molecule has 0 saturated heterocycles. The number of hydrogen-bond donors (Lipinski definition) is 2. The molecule has 0 bridgehead atoms. The molecule has 0 fully saturated rings. The number of ether oxygens (including phenoxy) is 1. The van der Waals surface area contributed by atoms with Gasteiger partial charge in [0.1, 0.15) is 6.04 Å². The van der Waals surface area contributed by atoms with Gasteiger partial charge in [0.15, 0.2) is 0 Å². The van der Waals surface area contributed by atoms with Crippen LogP contribution in [0.1, 0.15) is 31.0 Å².